The van der Waals surface area contributed by atoms with Crippen molar-refractivity contribution in [2.75, 3.05) is 6.54 Å². The number of hydrogen-bond acceptors (Lipinski definition) is 6. The lowest BCUT2D eigenvalue weighted by Crippen LogP contribution is -2.25. The quantitative estimate of drug-likeness (QED) is 0.713. The lowest BCUT2D eigenvalue weighted by Gasteiger charge is -2.08. The molecule has 1 N–H and O–H groups in total. The first-order valence-corrected chi connectivity index (χ1v) is 8.27. The van der Waals surface area contributed by atoms with E-state index in [1.165, 1.54) is 11.7 Å². The Labute approximate surface area is 143 Å². The Bertz CT molecular complexity index is 799. The van der Waals surface area contributed by atoms with Gasteiger partial charge in [-0.1, -0.05) is 6.07 Å². The van der Waals surface area contributed by atoms with Crippen LogP contribution in [0.3, 0.4) is 0 Å². The number of aryl methyl sites for hydroxylation is 1. The molecule has 0 saturated carbocycles. The lowest BCUT2D eigenvalue weighted by molar-refractivity contribution is 0.0953. The Kier molecular flexibility index (Phi) is 5.22. The van der Waals surface area contributed by atoms with Crippen LogP contribution in [0.2, 0.25) is 0 Å². The van der Waals surface area contributed by atoms with Crippen LogP contribution in [0.4, 0.5) is 0 Å². The van der Waals surface area contributed by atoms with E-state index < -0.39 is 0 Å². The Hall–Kier alpha value is -2.67. The molecule has 0 saturated heterocycles. The van der Waals surface area contributed by atoms with Crippen LogP contribution in [0, 0.1) is 6.92 Å². The maximum absolute atomic E-state index is 12.2. The minimum absolute atomic E-state index is 0.140. The third-order valence-electron chi connectivity index (χ3n) is 3.46. The van der Waals surface area contributed by atoms with Gasteiger partial charge in [-0.2, -0.15) is 8.75 Å². The van der Waals surface area contributed by atoms with Crippen LogP contribution >= 0.6 is 11.7 Å². The van der Waals surface area contributed by atoms with Gasteiger partial charge in [0.25, 0.3) is 5.91 Å². The second kappa shape index (κ2) is 7.74. The average molecular weight is 343 g/mol. The fourth-order valence-corrected chi connectivity index (χ4v) is 2.67. The second-order valence-corrected chi connectivity index (χ2v) is 5.73. The van der Waals surface area contributed by atoms with Crippen molar-refractivity contribution < 1.29 is 13.9 Å². The highest BCUT2D eigenvalue weighted by Crippen LogP contribution is 2.16. The Morgan fingerprint density at radius 2 is 2.21 bits per heavy atom. The summed E-state index contributed by atoms with van der Waals surface area (Å²) in [5.74, 6) is 1.33. The van der Waals surface area contributed by atoms with Crippen molar-refractivity contribution in [2.24, 2.45) is 0 Å². The first-order chi connectivity index (χ1) is 11.7. The molecule has 1 amide bonds. The van der Waals surface area contributed by atoms with Gasteiger partial charge >= 0.3 is 0 Å². The van der Waals surface area contributed by atoms with Gasteiger partial charge in [0.2, 0.25) is 0 Å². The third kappa shape index (κ3) is 4.20. The van der Waals surface area contributed by atoms with Crippen LogP contribution in [0.25, 0.3) is 0 Å². The van der Waals surface area contributed by atoms with Gasteiger partial charge in [0, 0.05) is 18.5 Å². The standard InChI is InChI=1S/C17H17N3O3S/c1-12-16(20-24-19-12)11-23-15-5-2-4-13(10-15)17(21)18-8-7-14-6-3-9-22-14/h2-6,9-10H,7-8,11H2,1H3,(H,18,21). The predicted octanol–water partition coefficient (Wildman–Crippen LogP) is 2.99. The smallest absolute Gasteiger partial charge is 0.251 e. The van der Waals surface area contributed by atoms with E-state index in [4.69, 9.17) is 9.15 Å². The monoisotopic (exact) mass is 343 g/mol. The molecule has 7 heteroatoms. The van der Waals surface area contributed by atoms with Crippen molar-refractivity contribution in [2.45, 2.75) is 20.0 Å². The van der Waals surface area contributed by atoms with Gasteiger partial charge < -0.3 is 14.5 Å². The fourth-order valence-electron chi connectivity index (χ4n) is 2.12. The summed E-state index contributed by atoms with van der Waals surface area (Å²) in [6, 6.07) is 10.8. The lowest BCUT2D eigenvalue weighted by atomic mass is 10.2. The maximum atomic E-state index is 12.2. The molecule has 0 radical (unpaired) electrons. The molecule has 0 atom stereocenters. The molecule has 1 aromatic carbocycles. The number of aromatic nitrogens is 2. The van der Waals surface area contributed by atoms with E-state index in [1.807, 2.05) is 25.1 Å². The van der Waals surface area contributed by atoms with Crippen molar-refractivity contribution in [1.82, 2.24) is 14.1 Å². The van der Waals surface area contributed by atoms with Crippen LogP contribution < -0.4 is 10.1 Å². The normalized spacial score (nSPS) is 10.5. The zero-order valence-corrected chi connectivity index (χ0v) is 14.0. The van der Waals surface area contributed by atoms with Gasteiger partial charge in [0.15, 0.2) is 0 Å². The summed E-state index contributed by atoms with van der Waals surface area (Å²) in [6.07, 6.45) is 2.28. The Balaban J connectivity index is 1.53. The number of carbonyl (C=O) groups is 1. The van der Waals surface area contributed by atoms with Crippen LogP contribution in [-0.4, -0.2) is 21.2 Å². The van der Waals surface area contributed by atoms with Crippen molar-refractivity contribution in [3.63, 3.8) is 0 Å². The zero-order valence-electron chi connectivity index (χ0n) is 13.2. The van der Waals surface area contributed by atoms with Gasteiger partial charge in [-0.15, -0.1) is 0 Å². The van der Waals surface area contributed by atoms with Crippen LogP contribution in [0.5, 0.6) is 5.75 Å². The first-order valence-electron chi connectivity index (χ1n) is 7.54. The van der Waals surface area contributed by atoms with Gasteiger partial charge in [-0.25, -0.2) is 0 Å². The third-order valence-corrected chi connectivity index (χ3v) is 4.11. The van der Waals surface area contributed by atoms with Crippen LogP contribution in [0.15, 0.2) is 47.1 Å². The number of ether oxygens (including phenoxy) is 1. The molecule has 0 unspecified atom stereocenters. The highest BCUT2D eigenvalue weighted by atomic mass is 32.1. The van der Waals surface area contributed by atoms with E-state index in [0.717, 1.165) is 17.1 Å². The molecular formula is C17H17N3O3S. The van der Waals surface area contributed by atoms with Gasteiger partial charge in [0.05, 0.1) is 23.7 Å². The number of hydrogen-bond donors (Lipinski definition) is 1. The van der Waals surface area contributed by atoms with Crippen molar-refractivity contribution >= 4 is 17.6 Å². The van der Waals surface area contributed by atoms with E-state index in [0.29, 0.717) is 30.9 Å². The number of amides is 1. The van der Waals surface area contributed by atoms with Crippen LogP contribution in [-0.2, 0) is 13.0 Å². The summed E-state index contributed by atoms with van der Waals surface area (Å²) in [5.41, 5.74) is 2.24. The molecule has 0 spiro atoms. The number of nitrogens with one attached hydrogen (secondary N) is 1. The van der Waals surface area contributed by atoms with Gasteiger partial charge in [-0.3, -0.25) is 4.79 Å². The van der Waals surface area contributed by atoms with Crippen LogP contribution in [0.1, 0.15) is 27.5 Å². The predicted molar refractivity (Wildman–Crippen MR) is 90.2 cm³/mol. The van der Waals surface area contributed by atoms with Crippen molar-refractivity contribution in [3.05, 3.63) is 65.4 Å². The molecular weight excluding hydrogens is 326 g/mol. The summed E-state index contributed by atoms with van der Waals surface area (Å²) in [7, 11) is 0. The molecule has 2 heterocycles. The molecule has 6 nitrogen and oxygen atoms in total. The molecule has 0 fully saturated rings. The number of furan rings is 1. The van der Waals surface area contributed by atoms with E-state index in [9.17, 15) is 4.79 Å². The number of carbonyl (C=O) groups excluding carboxylic acids is 1. The summed E-state index contributed by atoms with van der Waals surface area (Å²) in [6.45, 7) is 2.75. The molecule has 2 aromatic heterocycles. The van der Waals surface area contributed by atoms with E-state index >= 15 is 0 Å². The summed E-state index contributed by atoms with van der Waals surface area (Å²) < 4.78 is 19.2. The van der Waals surface area contributed by atoms with Crippen molar-refractivity contribution in [1.29, 1.82) is 0 Å². The molecule has 124 valence electrons. The SMILES string of the molecule is Cc1nsnc1COc1cccc(C(=O)NCCc2ccco2)c1. The largest absolute Gasteiger partial charge is 0.487 e. The van der Waals surface area contributed by atoms with E-state index in [1.54, 1.807) is 24.5 Å². The maximum Gasteiger partial charge on any atom is 0.251 e. The minimum Gasteiger partial charge on any atom is -0.487 e. The van der Waals surface area contributed by atoms with Crippen molar-refractivity contribution in [3.8, 4) is 5.75 Å². The molecule has 0 aliphatic rings. The number of rotatable bonds is 7. The Morgan fingerprint density at radius 1 is 1.29 bits per heavy atom. The summed E-state index contributed by atoms with van der Waals surface area (Å²) in [4.78, 5) is 12.2. The second-order valence-electron chi connectivity index (χ2n) is 5.20. The Morgan fingerprint density at radius 3 is 2.96 bits per heavy atom. The number of benzene rings is 1. The fraction of sp³-hybridized carbons (Fsp3) is 0.235. The highest BCUT2D eigenvalue weighted by Gasteiger charge is 2.08. The summed E-state index contributed by atoms with van der Waals surface area (Å²) >= 11 is 1.17. The highest BCUT2D eigenvalue weighted by molar-refractivity contribution is 6.99. The molecule has 3 aromatic rings. The molecule has 0 bridgehead atoms. The average Bonchev–Trinajstić information content (AvgIpc) is 3.25. The zero-order chi connectivity index (χ0) is 16.8. The minimum atomic E-state index is -0.140. The molecule has 0 aliphatic heterocycles. The number of nitrogens with zero attached hydrogens (tertiary/aromatic N) is 2. The molecule has 3 rings (SSSR count). The molecule has 24 heavy (non-hydrogen) atoms. The first kappa shape index (κ1) is 16.2. The van der Waals surface area contributed by atoms with Gasteiger partial charge in [-0.05, 0) is 37.3 Å². The van der Waals surface area contributed by atoms with E-state index in [2.05, 4.69) is 14.1 Å². The van der Waals surface area contributed by atoms with Gasteiger partial charge in [0.1, 0.15) is 23.8 Å². The molecule has 0 aliphatic carbocycles. The summed E-state index contributed by atoms with van der Waals surface area (Å²) in [5, 5.41) is 2.87. The topological polar surface area (TPSA) is 77.2 Å². The van der Waals surface area contributed by atoms with E-state index in [-0.39, 0.29) is 5.91 Å².